The first-order valence-electron chi connectivity index (χ1n) is 7.82. The van der Waals surface area contributed by atoms with Crippen LogP contribution in [0.3, 0.4) is 0 Å². The number of nitrogens with zero attached hydrogens (tertiary/aromatic N) is 4. The average Bonchev–Trinajstić information content (AvgIpc) is 3.30. The molecule has 0 spiro atoms. The molecule has 1 aromatic carbocycles. The van der Waals surface area contributed by atoms with Gasteiger partial charge >= 0.3 is 0 Å². The van der Waals surface area contributed by atoms with Gasteiger partial charge in [-0.05, 0) is 12.0 Å². The van der Waals surface area contributed by atoms with Gasteiger partial charge in [0.1, 0.15) is 0 Å². The minimum Gasteiger partial charge on any atom is -0.381 e. The SMILES string of the molecule is c1ccc(Cc2nc(Cn3cc([C@@H]4CCOC4)nn3)cs2)cc1. The summed E-state index contributed by atoms with van der Waals surface area (Å²) in [4.78, 5) is 4.71. The molecule has 0 saturated carbocycles. The predicted molar refractivity (Wildman–Crippen MR) is 88.7 cm³/mol. The summed E-state index contributed by atoms with van der Waals surface area (Å²) in [6, 6.07) is 10.4. The fraction of sp³-hybridized carbons (Fsp3) is 0.353. The van der Waals surface area contributed by atoms with Crippen LogP contribution in [0.15, 0.2) is 41.9 Å². The molecule has 1 atom stereocenters. The van der Waals surface area contributed by atoms with Crippen LogP contribution in [0.2, 0.25) is 0 Å². The average molecular weight is 326 g/mol. The molecule has 3 aromatic rings. The van der Waals surface area contributed by atoms with Crippen molar-refractivity contribution in [2.24, 2.45) is 0 Å². The molecule has 0 aliphatic carbocycles. The first-order valence-corrected chi connectivity index (χ1v) is 8.70. The Morgan fingerprint density at radius 2 is 2.17 bits per heavy atom. The van der Waals surface area contributed by atoms with E-state index in [0.717, 1.165) is 42.5 Å². The van der Waals surface area contributed by atoms with Crippen LogP contribution in [0.5, 0.6) is 0 Å². The first kappa shape index (κ1) is 14.5. The van der Waals surface area contributed by atoms with Crippen LogP contribution >= 0.6 is 11.3 Å². The molecule has 3 heterocycles. The van der Waals surface area contributed by atoms with Crippen molar-refractivity contribution in [2.75, 3.05) is 13.2 Å². The molecule has 118 valence electrons. The third kappa shape index (κ3) is 3.48. The van der Waals surface area contributed by atoms with Crippen molar-refractivity contribution in [1.82, 2.24) is 20.0 Å². The summed E-state index contributed by atoms with van der Waals surface area (Å²) in [5.41, 5.74) is 3.36. The monoisotopic (exact) mass is 326 g/mol. The molecule has 4 rings (SSSR count). The van der Waals surface area contributed by atoms with Gasteiger partial charge in [0, 0.05) is 30.5 Å². The van der Waals surface area contributed by atoms with E-state index in [1.54, 1.807) is 11.3 Å². The van der Waals surface area contributed by atoms with E-state index in [1.807, 2.05) is 16.9 Å². The number of hydrogen-bond acceptors (Lipinski definition) is 5. The van der Waals surface area contributed by atoms with E-state index < -0.39 is 0 Å². The standard InChI is InChI=1S/C17H18N4OS/c1-2-4-13(5-3-1)8-17-18-15(12-23-17)9-21-10-16(19-20-21)14-6-7-22-11-14/h1-5,10,12,14H,6-9,11H2/t14-/m1/s1. The summed E-state index contributed by atoms with van der Waals surface area (Å²) in [5.74, 6) is 0.396. The lowest BCUT2D eigenvalue weighted by Gasteiger charge is -2.00. The van der Waals surface area contributed by atoms with Crippen LogP contribution in [0, 0.1) is 0 Å². The second-order valence-electron chi connectivity index (χ2n) is 5.80. The fourth-order valence-electron chi connectivity index (χ4n) is 2.78. The Labute approximate surface area is 138 Å². The summed E-state index contributed by atoms with van der Waals surface area (Å²) in [5, 5.41) is 11.7. The predicted octanol–water partition coefficient (Wildman–Crippen LogP) is 2.88. The normalized spacial score (nSPS) is 17.7. The van der Waals surface area contributed by atoms with Gasteiger partial charge in [0.15, 0.2) is 0 Å². The van der Waals surface area contributed by atoms with E-state index >= 15 is 0 Å². The summed E-state index contributed by atoms with van der Waals surface area (Å²) >= 11 is 1.70. The highest BCUT2D eigenvalue weighted by molar-refractivity contribution is 7.09. The quantitative estimate of drug-likeness (QED) is 0.723. The number of thiazole rings is 1. The zero-order chi connectivity index (χ0) is 15.5. The van der Waals surface area contributed by atoms with Gasteiger partial charge in [0.05, 0.1) is 29.5 Å². The Balaban J connectivity index is 1.41. The first-order chi connectivity index (χ1) is 11.4. The molecule has 0 amide bonds. The van der Waals surface area contributed by atoms with E-state index in [9.17, 15) is 0 Å². The maximum atomic E-state index is 5.41. The number of aromatic nitrogens is 4. The van der Waals surface area contributed by atoms with Crippen molar-refractivity contribution in [2.45, 2.75) is 25.3 Å². The molecule has 0 radical (unpaired) electrons. The zero-order valence-corrected chi connectivity index (χ0v) is 13.6. The van der Waals surface area contributed by atoms with Gasteiger partial charge in [-0.15, -0.1) is 16.4 Å². The van der Waals surface area contributed by atoms with E-state index in [2.05, 4.69) is 40.0 Å². The molecule has 0 N–H and O–H groups in total. The Morgan fingerprint density at radius 3 is 3.00 bits per heavy atom. The highest BCUT2D eigenvalue weighted by Crippen LogP contribution is 2.23. The minimum atomic E-state index is 0.396. The Hall–Kier alpha value is -2.05. The molecule has 0 unspecified atom stereocenters. The molecule has 2 aromatic heterocycles. The van der Waals surface area contributed by atoms with Gasteiger partial charge < -0.3 is 4.74 Å². The molecule has 1 fully saturated rings. The number of ether oxygens (including phenoxy) is 1. The molecular weight excluding hydrogens is 308 g/mol. The van der Waals surface area contributed by atoms with Gasteiger partial charge in [-0.1, -0.05) is 35.5 Å². The van der Waals surface area contributed by atoms with Crippen molar-refractivity contribution in [1.29, 1.82) is 0 Å². The van der Waals surface area contributed by atoms with E-state index in [1.165, 1.54) is 5.56 Å². The van der Waals surface area contributed by atoms with Crippen LogP contribution in [0.25, 0.3) is 0 Å². The van der Waals surface area contributed by atoms with Crippen LogP contribution in [-0.4, -0.2) is 33.2 Å². The Kier molecular flexibility index (Phi) is 4.17. The number of rotatable bonds is 5. The maximum absolute atomic E-state index is 5.41. The maximum Gasteiger partial charge on any atom is 0.0973 e. The summed E-state index contributed by atoms with van der Waals surface area (Å²) < 4.78 is 7.28. The zero-order valence-electron chi connectivity index (χ0n) is 12.8. The van der Waals surface area contributed by atoms with Crippen LogP contribution in [-0.2, 0) is 17.7 Å². The largest absolute Gasteiger partial charge is 0.381 e. The summed E-state index contributed by atoms with van der Waals surface area (Å²) in [7, 11) is 0. The third-order valence-electron chi connectivity index (χ3n) is 4.03. The van der Waals surface area contributed by atoms with Crippen molar-refractivity contribution < 1.29 is 4.74 Å². The molecule has 0 bridgehead atoms. The van der Waals surface area contributed by atoms with Gasteiger partial charge in [-0.3, -0.25) is 0 Å². The highest BCUT2D eigenvalue weighted by atomic mass is 32.1. The smallest absolute Gasteiger partial charge is 0.0973 e. The molecule has 6 heteroatoms. The molecule has 5 nitrogen and oxygen atoms in total. The Morgan fingerprint density at radius 1 is 1.26 bits per heavy atom. The van der Waals surface area contributed by atoms with Crippen molar-refractivity contribution in [3.63, 3.8) is 0 Å². The molecule has 1 aliphatic rings. The third-order valence-corrected chi connectivity index (χ3v) is 4.92. The lowest BCUT2D eigenvalue weighted by atomic mass is 10.1. The lowest BCUT2D eigenvalue weighted by Crippen LogP contribution is -2.01. The molecule has 1 aliphatic heterocycles. The van der Waals surface area contributed by atoms with Gasteiger partial charge in [0.2, 0.25) is 0 Å². The van der Waals surface area contributed by atoms with E-state index in [-0.39, 0.29) is 0 Å². The van der Waals surface area contributed by atoms with Crippen LogP contribution in [0.4, 0.5) is 0 Å². The van der Waals surface area contributed by atoms with E-state index in [0.29, 0.717) is 12.5 Å². The Bertz CT molecular complexity index is 762. The van der Waals surface area contributed by atoms with Gasteiger partial charge in [-0.25, -0.2) is 9.67 Å². The molecule has 1 saturated heterocycles. The number of benzene rings is 1. The second kappa shape index (κ2) is 6.60. The van der Waals surface area contributed by atoms with Crippen molar-refractivity contribution in [3.8, 4) is 0 Å². The topological polar surface area (TPSA) is 52.8 Å². The summed E-state index contributed by atoms with van der Waals surface area (Å²) in [6.07, 6.45) is 3.94. The van der Waals surface area contributed by atoms with Gasteiger partial charge in [0.25, 0.3) is 0 Å². The fourth-order valence-corrected chi connectivity index (χ4v) is 3.60. The van der Waals surface area contributed by atoms with Crippen LogP contribution < -0.4 is 0 Å². The molecule has 23 heavy (non-hydrogen) atoms. The minimum absolute atomic E-state index is 0.396. The lowest BCUT2D eigenvalue weighted by molar-refractivity contribution is 0.193. The second-order valence-corrected chi connectivity index (χ2v) is 6.74. The van der Waals surface area contributed by atoms with Crippen molar-refractivity contribution in [3.05, 3.63) is 63.9 Å². The van der Waals surface area contributed by atoms with Crippen LogP contribution in [0.1, 0.15) is 34.3 Å². The van der Waals surface area contributed by atoms with E-state index in [4.69, 9.17) is 9.72 Å². The molecular formula is C17H18N4OS. The van der Waals surface area contributed by atoms with Crippen molar-refractivity contribution >= 4 is 11.3 Å². The summed E-state index contributed by atoms with van der Waals surface area (Å²) in [6.45, 7) is 2.26. The van der Waals surface area contributed by atoms with Gasteiger partial charge in [-0.2, -0.15) is 0 Å². The highest BCUT2D eigenvalue weighted by Gasteiger charge is 2.20. The number of hydrogen-bond donors (Lipinski definition) is 0.